The van der Waals surface area contributed by atoms with Crippen molar-refractivity contribution in [2.75, 3.05) is 7.11 Å². The lowest BCUT2D eigenvalue weighted by molar-refractivity contribution is -0.117. The van der Waals surface area contributed by atoms with Crippen LogP contribution >= 0.6 is 0 Å². The van der Waals surface area contributed by atoms with Crippen molar-refractivity contribution in [3.8, 4) is 23.6 Å². The Morgan fingerprint density at radius 3 is 2.45 bits per heavy atom. The topological polar surface area (TPSA) is 95.1 Å². The summed E-state index contributed by atoms with van der Waals surface area (Å²) in [5.74, 6) is 0.484. The fourth-order valence-electron chi connectivity index (χ4n) is 3.22. The number of rotatable bonds is 8. The van der Waals surface area contributed by atoms with Crippen LogP contribution in [0.5, 0.6) is 11.5 Å². The lowest BCUT2D eigenvalue weighted by Gasteiger charge is -2.14. The van der Waals surface area contributed by atoms with Crippen LogP contribution in [0, 0.1) is 22.7 Å². The van der Waals surface area contributed by atoms with Gasteiger partial charge in [-0.05, 0) is 42.3 Å². The minimum atomic E-state index is -0.457. The van der Waals surface area contributed by atoms with Crippen LogP contribution in [-0.4, -0.2) is 13.0 Å². The van der Waals surface area contributed by atoms with E-state index in [1.165, 1.54) is 13.2 Å². The van der Waals surface area contributed by atoms with E-state index < -0.39 is 5.91 Å². The lowest BCUT2D eigenvalue weighted by Crippen LogP contribution is -2.27. The van der Waals surface area contributed by atoms with Gasteiger partial charge in [0.1, 0.15) is 18.2 Å². The van der Waals surface area contributed by atoms with Crippen LogP contribution in [0.25, 0.3) is 6.08 Å². The van der Waals surface area contributed by atoms with Gasteiger partial charge in [0.2, 0.25) is 0 Å². The largest absolute Gasteiger partial charge is 0.493 e. The Balaban J connectivity index is 1.75. The maximum atomic E-state index is 12.6. The Hall–Kier alpha value is -4.55. The second kappa shape index (κ2) is 11.2. The average Bonchev–Trinajstić information content (AvgIpc) is 2.86. The molecule has 0 heterocycles. The van der Waals surface area contributed by atoms with Gasteiger partial charge in [-0.15, -0.1) is 0 Å². The van der Waals surface area contributed by atoms with Gasteiger partial charge in [-0.3, -0.25) is 4.79 Å². The van der Waals surface area contributed by atoms with E-state index in [1.807, 2.05) is 55.5 Å². The van der Waals surface area contributed by atoms with Gasteiger partial charge < -0.3 is 14.8 Å². The average molecular weight is 437 g/mol. The molecular weight excluding hydrogens is 414 g/mol. The van der Waals surface area contributed by atoms with Crippen molar-refractivity contribution in [1.82, 2.24) is 5.32 Å². The fraction of sp³-hybridized carbons (Fsp3) is 0.148. The van der Waals surface area contributed by atoms with Crippen LogP contribution in [0.3, 0.4) is 0 Å². The van der Waals surface area contributed by atoms with Crippen molar-refractivity contribution < 1.29 is 14.3 Å². The molecule has 3 aromatic rings. The second-order valence-corrected chi connectivity index (χ2v) is 7.24. The van der Waals surface area contributed by atoms with Crippen molar-refractivity contribution >= 4 is 12.0 Å². The minimum Gasteiger partial charge on any atom is -0.493 e. The van der Waals surface area contributed by atoms with Crippen LogP contribution in [0.15, 0.2) is 78.4 Å². The molecule has 0 bridgehead atoms. The Kier molecular flexibility index (Phi) is 7.83. The molecule has 164 valence electrons. The number of nitrogens with one attached hydrogen (secondary N) is 1. The number of amides is 1. The highest BCUT2D eigenvalue weighted by Crippen LogP contribution is 2.30. The summed E-state index contributed by atoms with van der Waals surface area (Å²) in [6.45, 7) is 2.07. The summed E-state index contributed by atoms with van der Waals surface area (Å²) in [5, 5.41) is 21.6. The molecule has 0 aliphatic heterocycles. The zero-order valence-electron chi connectivity index (χ0n) is 18.4. The Bertz CT molecular complexity index is 1240. The molecule has 0 radical (unpaired) electrons. The van der Waals surface area contributed by atoms with Gasteiger partial charge in [0.15, 0.2) is 11.5 Å². The highest BCUT2D eigenvalue weighted by molar-refractivity contribution is 6.01. The van der Waals surface area contributed by atoms with Crippen molar-refractivity contribution in [2.45, 2.75) is 19.6 Å². The van der Waals surface area contributed by atoms with E-state index in [2.05, 4.69) is 11.4 Å². The van der Waals surface area contributed by atoms with Gasteiger partial charge in [-0.25, -0.2) is 0 Å². The second-order valence-electron chi connectivity index (χ2n) is 7.24. The van der Waals surface area contributed by atoms with Crippen molar-refractivity contribution in [1.29, 1.82) is 10.5 Å². The first kappa shape index (κ1) is 23.1. The molecule has 1 amide bonds. The number of carbonyl (C=O) groups is 1. The summed E-state index contributed by atoms with van der Waals surface area (Å²) < 4.78 is 11.3. The van der Waals surface area contributed by atoms with Crippen LogP contribution < -0.4 is 14.8 Å². The third-order valence-corrected chi connectivity index (χ3v) is 5.03. The number of nitriles is 2. The molecule has 0 saturated heterocycles. The molecular formula is C27H23N3O3. The summed E-state index contributed by atoms with van der Waals surface area (Å²) in [7, 11) is 1.51. The van der Waals surface area contributed by atoms with Crippen molar-refractivity contribution in [3.63, 3.8) is 0 Å². The number of carbonyl (C=O) groups excluding carboxylic acids is 1. The van der Waals surface area contributed by atoms with E-state index in [0.717, 1.165) is 11.1 Å². The molecule has 0 aliphatic carbocycles. The van der Waals surface area contributed by atoms with Crippen LogP contribution in [0.4, 0.5) is 0 Å². The van der Waals surface area contributed by atoms with Gasteiger partial charge in [-0.1, -0.05) is 54.6 Å². The Morgan fingerprint density at radius 1 is 1.03 bits per heavy atom. The van der Waals surface area contributed by atoms with E-state index >= 15 is 0 Å². The molecule has 0 saturated carbocycles. The zero-order valence-corrected chi connectivity index (χ0v) is 18.4. The smallest absolute Gasteiger partial charge is 0.262 e. The molecule has 0 aliphatic rings. The molecule has 0 unspecified atom stereocenters. The summed E-state index contributed by atoms with van der Waals surface area (Å²) in [5.41, 5.74) is 2.86. The third-order valence-electron chi connectivity index (χ3n) is 5.03. The number of methoxy groups -OCH3 is 1. The van der Waals surface area contributed by atoms with Crippen molar-refractivity contribution in [2.24, 2.45) is 0 Å². The molecule has 6 heteroatoms. The first-order chi connectivity index (χ1) is 16.0. The molecule has 0 fully saturated rings. The zero-order chi connectivity index (χ0) is 23.6. The maximum absolute atomic E-state index is 12.6. The molecule has 3 aromatic carbocycles. The first-order valence-corrected chi connectivity index (χ1v) is 10.3. The number of nitrogens with zero attached hydrogens (tertiary/aromatic N) is 2. The minimum absolute atomic E-state index is 0.0172. The normalized spacial score (nSPS) is 11.6. The van der Waals surface area contributed by atoms with Crippen molar-refractivity contribution in [3.05, 3.63) is 101 Å². The Morgan fingerprint density at radius 2 is 1.76 bits per heavy atom. The summed E-state index contributed by atoms with van der Waals surface area (Å²) in [6, 6.07) is 25.7. The van der Waals surface area contributed by atoms with E-state index in [0.29, 0.717) is 22.6 Å². The number of ether oxygens (including phenoxy) is 2. The molecule has 1 atom stereocenters. The third kappa shape index (κ3) is 6.00. The van der Waals surface area contributed by atoms with Crippen LogP contribution in [0.1, 0.15) is 35.2 Å². The molecule has 1 N–H and O–H groups in total. The molecule has 6 nitrogen and oxygen atoms in total. The monoisotopic (exact) mass is 437 g/mol. The van der Waals surface area contributed by atoms with Gasteiger partial charge in [0.05, 0.1) is 24.8 Å². The highest BCUT2D eigenvalue weighted by atomic mass is 16.5. The van der Waals surface area contributed by atoms with Gasteiger partial charge in [-0.2, -0.15) is 10.5 Å². The number of hydrogen-bond acceptors (Lipinski definition) is 5. The van der Waals surface area contributed by atoms with Crippen LogP contribution in [0.2, 0.25) is 0 Å². The molecule has 3 rings (SSSR count). The van der Waals surface area contributed by atoms with E-state index in [-0.39, 0.29) is 18.2 Å². The summed E-state index contributed by atoms with van der Waals surface area (Å²) in [6.07, 6.45) is 1.50. The standard InChI is InChI=1S/C27H23N3O3/c1-19(21-8-4-3-5-9-21)30-27(31)24(17-29)14-20-12-13-25(26(15-20)32-2)33-18-23-11-7-6-10-22(23)16-28/h3-15,19H,18H2,1-2H3,(H,30,31)/b24-14+/t19-/m0/s1. The van der Waals surface area contributed by atoms with E-state index in [9.17, 15) is 15.3 Å². The number of hydrogen-bond donors (Lipinski definition) is 1. The SMILES string of the molecule is COc1cc(/C=C(\C#N)C(=O)N[C@@H](C)c2ccccc2)ccc1OCc1ccccc1C#N. The molecule has 0 aromatic heterocycles. The predicted octanol–water partition coefficient (Wildman–Crippen LogP) is 4.93. The van der Waals surface area contributed by atoms with Crippen LogP contribution in [-0.2, 0) is 11.4 Å². The quantitative estimate of drug-likeness (QED) is 0.398. The van der Waals surface area contributed by atoms with E-state index in [4.69, 9.17) is 9.47 Å². The first-order valence-electron chi connectivity index (χ1n) is 10.3. The van der Waals surface area contributed by atoms with Gasteiger partial charge in [0.25, 0.3) is 5.91 Å². The predicted molar refractivity (Wildman–Crippen MR) is 125 cm³/mol. The van der Waals surface area contributed by atoms with Gasteiger partial charge >= 0.3 is 0 Å². The summed E-state index contributed by atoms with van der Waals surface area (Å²) >= 11 is 0. The van der Waals surface area contributed by atoms with Gasteiger partial charge in [0, 0.05) is 5.56 Å². The highest BCUT2D eigenvalue weighted by Gasteiger charge is 2.14. The molecule has 0 spiro atoms. The lowest BCUT2D eigenvalue weighted by atomic mass is 10.1. The maximum Gasteiger partial charge on any atom is 0.262 e. The van der Waals surface area contributed by atoms with E-state index in [1.54, 1.807) is 30.3 Å². The molecule has 33 heavy (non-hydrogen) atoms. The number of benzene rings is 3. The fourth-order valence-corrected chi connectivity index (χ4v) is 3.22. The summed E-state index contributed by atoms with van der Waals surface area (Å²) in [4.78, 5) is 12.6. The Labute approximate surface area is 193 Å².